The molecule has 1 heterocycles. The molecule has 1 aliphatic rings. The Balaban J connectivity index is 2.47. The third-order valence-corrected chi connectivity index (χ3v) is 2.25. The van der Waals surface area contributed by atoms with Crippen molar-refractivity contribution in [3.63, 3.8) is 0 Å². The zero-order valence-electron chi connectivity index (χ0n) is 8.14. The summed E-state index contributed by atoms with van der Waals surface area (Å²) in [5.74, 6) is -0.411. The minimum Gasteiger partial charge on any atom is -0.497 e. The summed E-state index contributed by atoms with van der Waals surface area (Å²) < 4.78 is 5.05. The molecule has 0 unspecified atom stereocenters. The van der Waals surface area contributed by atoms with Gasteiger partial charge in [-0.3, -0.25) is 4.79 Å². The molecule has 0 fully saturated rings. The topological polar surface area (TPSA) is 52.3 Å². The van der Waals surface area contributed by atoms with Gasteiger partial charge in [-0.05, 0) is 29.4 Å². The number of hydrogen-bond acceptors (Lipinski definition) is 2. The highest BCUT2D eigenvalue weighted by molar-refractivity contribution is 5.99. The van der Waals surface area contributed by atoms with Crippen LogP contribution in [-0.4, -0.2) is 12.5 Å². The molecular weight excluding hydrogens is 190 g/mol. The first-order valence-electron chi connectivity index (χ1n) is 4.66. The van der Waals surface area contributed by atoms with Gasteiger partial charge in [-0.1, -0.05) is 18.2 Å². The van der Waals surface area contributed by atoms with Gasteiger partial charge in [0.2, 0.25) is 5.91 Å². The largest absolute Gasteiger partial charge is 0.497 e. The number of hydrogen-bond donors (Lipinski definition) is 1. The number of benzene rings is 1. The Morgan fingerprint density at radius 1 is 1.33 bits per heavy atom. The number of primary amides is 1. The highest BCUT2D eigenvalue weighted by Crippen LogP contribution is 2.21. The van der Waals surface area contributed by atoms with Crippen molar-refractivity contribution in [2.24, 2.45) is 5.73 Å². The third-order valence-electron chi connectivity index (χ3n) is 2.25. The third kappa shape index (κ3) is 1.91. The predicted octanol–water partition coefficient (Wildman–Crippen LogP) is 1.71. The molecular formula is C12H11NO2. The fourth-order valence-electron chi connectivity index (χ4n) is 1.53. The molecule has 0 aliphatic carbocycles. The van der Waals surface area contributed by atoms with Crippen molar-refractivity contribution in [3.8, 4) is 0 Å². The van der Waals surface area contributed by atoms with Crippen molar-refractivity contribution in [1.82, 2.24) is 0 Å². The minimum atomic E-state index is -0.411. The van der Waals surface area contributed by atoms with E-state index < -0.39 is 5.91 Å². The Kier molecular flexibility index (Phi) is 2.54. The fraction of sp³-hybridized carbons (Fsp3) is 0.0833. The van der Waals surface area contributed by atoms with E-state index in [1.807, 2.05) is 24.3 Å². The Morgan fingerprint density at radius 2 is 2.13 bits per heavy atom. The van der Waals surface area contributed by atoms with Crippen molar-refractivity contribution in [3.05, 3.63) is 53.8 Å². The number of carbonyl (C=O) groups is 1. The Morgan fingerprint density at radius 3 is 2.80 bits per heavy atom. The van der Waals surface area contributed by atoms with Crippen LogP contribution in [0.1, 0.15) is 15.9 Å². The van der Waals surface area contributed by atoms with Gasteiger partial charge in [0.1, 0.15) is 6.61 Å². The van der Waals surface area contributed by atoms with E-state index >= 15 is 0 Å². The lowest BCUT2D eigenvalue weighted by atomic mass is 9.98. The van der Waals surface area contributed by atoms with Gasteiger partial charge >= 0.3 is 0 Å². The smallest absolute Gasteiger partial charge is 0.249 e. The molecule has 1 aliphatic heterocycles. The van der Waals surface area contributed by atoms with Crippen LogP contribution >= 0.6 is 0 Å². The van der Waals surface area contributed by atoms with Crippen LogP contribution in [0.4, 0.5) is 0 Å². The molecule has 1 aromatic rings. The van der Waals surface area contributed by atoms with Crippen LogP contribution in [0.5, 0.6) is 0 Å². The van der Waals surface area contributed by atoms with Crippen LogP contribution in [-0.2, 0) is 4.74 Å². The second-order valence-electron chi connectivity index (χ2n) is 3.21. The van der Waals surface area contributed by atoms with Crippen LogP contribution in [0, 0.1) is 0 Å². The average Bonchev–Trinajstić information content (AvgIpc) is 2.30. The molecule has 3 heteroatoms. The molecule has 2 N–H and O–H groups in total. The summed E-state index contributed by atoms with van der Waals surface area (Å²) in [4.78, 5) is 11.2. The molecule has 0 saturated carbocycles. The Bertz CT molecular complexity index is 447. The van der Waals surface area contributed by atoms with Crippen LogP contribution in [0.3, 0.4) is 0 Å². The second kappa shape index (κ2) is 4.00. The summed E-state index contributed by atoms with van der Waals surface area (Å²) in [7, 11) is 0. The first-order valence-corrected chi connectivity index (χ1v) is 4.66. The van der Waals surface area contributed by atoms with E-state index in [0.29, 0.717) is 12.2 Å². The number of allylic oxidation sites excluding steroid dienone is 2. The van der Waals surface area contributed by atoms with Gasteiger partial charge in [-0.25, -0.2) is 0 Å². The van der Waals surface area contributed by atoms with Crippen molar-refractivity contribution >= 4 is 11.5 Å². The van der Waals surface area contributed by atoms with E-state index in [9.17, 15) is 4.79 Å². The lowest BCUT2D eigenvalue weighted by Crippen LogP contribution is -2.13. The maximum atomic E-state index is 11.2. The Hall–Kier alpha value is -2.03. The van der Waals surface area contributed by atoms with E-state index in [1.54, 1.807) is 18.4 Å². The number of nitrogens with two attached hydrogens (primary N) is 1. The van der Waals surface area contributed by atoms with E-state index in [2.05, 4.69) is 0 Å². The normalized spacial score (nSPS) is 14.3. The number of rotatable bonds is 2. The number of carbonyl (C=O) groups excluding carboxylic acids is 1. The molecule has 0 bridgehead atoms. The van der Waals surface area contributed by atoms with Crippen molar-refractivity contribution in [2.45, 2.75) is 0 Å². The van der Waals surface area contributed by atoms with Crippen LogP contribution in [0.2, 0.25) is 0 Å². The van der Waals surface area contributed by atoms with Gasteiger partial charge in [0.25, 0.3) is 0 Å². The quantitative estimate of drug-likeness (QED) is 0.791. The maximum absolute atomic E-state index is 11.2. The molecule has 15 heavy (non-hydrogen) atoms. The van der Waals surface area contributed by atoms with Crippen LogP contribution in [0.25, 0.3) is 5.57 Å². The molecule has 0 saturated heterocycles. The van der Waals surface area contributed by atoms with Gasteiger partial charge in [0, 0.05) is 5.56 Å². The molecule has 0 aromatic heterocycles. The van der Waals surface area contributed by atoms with E-state index in [1.165, 1.54) is 0 Å². The highest BCUT2D eigenvalue weighted by atomic mass is 16.5. The standard InChI is InChI=1S/C12H11NO2/c13-12(14)11-4-2-1-3-10(11)9-5-7-15-8-6-9/h1-7H,8H2,(H2,13,14). The number of amides is 1. The molecule has 1 aromatic carbocycles. The molecule has 3 nitrogen and oxygen atoms in total. The summed E-state index contributed by atoms with van der Waals surface area (Å²) in [5.41, 5.74) is 7.66. The van der Waals surface area contributed by atoms with E-state index in [-0.39, 0.29) is 0 Å². The minimum absolute atomic E-state index is 0.411. The zero-order chi connectivity index (χ0) is 10.7. The summed E-state index contributed by atoms with van der Waals surface area (Å²) in [6.45, 7) is 0.527. The summed E-state index contributed by atoms with van der Waals surface area (Å²) in [6, 6.07) is 7.28. The summed E-state index contributed by atoms with van der Waals surface area (Å²) >= 11 is 0. The first kappa shape index (κ1) is 9.52. The molecule has 2 rings (SSSR count). The van der Waals surface area contributed by atoms with E-state index in [0.717, 1.165) is 11.1 Å². The lowest BCUT2D eigenvalue weighted by molar-refractivity contribution is 0.1000. The predicted molar refractivity (Wildman–Crippen MR) is 58.0 cm³/mol. The summed E-state index contributed by atoms with van der Waals surface area (Å²) in [6.07, 6.45) is 5.36. The number of ether oxygens (including phenoxy) is 1. The van der Waals surface area contributed by atoms with Crippen molar-refractivity contribution < 1.29 is 9.53 Å². The molecule has 0 radical (unpaired) electrons. The fourth-order valence-corrected chi connectivity index (χ4v) is 1.53. The monoisotopic (exact) mass is 201 g/mol. The van der Waals surface area contributed by atoms with Gasteiger partial charge in [0.15, 0.2) is 0 Å². The van der Waals surface area contributed by atoms with Crippen LogP contribution in [0.15, 0.2) is 42.7 Å². The molecule has 76 valence electrons. The molecule has 0 atom stereocenters. The Labute approximate surface area is 87.9 Å². The highest BCUT2D eigenvalue weighted by Gasteiger charge is 2.10. The first-order chi connectivity index (χ1) is 7.29. The zero-order valence-corrected chi connectivity index (χ0v) is 8.14. The summed E-state index contributed by atoms with van der Waals surface area (Å²) in [5, 5.41) is 0. The molecule has 0 spiro atoms. The second-order valence-corrected chi connectivity index (χ2v) is 3.21. The molecule has 1 amide bonds. The van der Waals surface area contributed by atoms with Crippen LogP contribution < -0.4 is 5.73 Å². The SMILES string of the molecule is NC(=O)c1ccccc1C1=CCOC=C1. The van der Waals surface area contributed by atoms with Crippen molar-refractivity contribution in [2.75, 3.05) is 6.61 Å². The maximum Gasteiger partial charge on any atom is 0.249 e. The van der Waals surface area contributed by atoms with Crippen molar-refractivity contribution in [1.29, 1.82) is 0 Å². The van der Waals surface area contributed by atoms with E-state index in [4.69, 9.17) is 10.5 Å². The van der Waals surface area contributed by atoms with Gasteiger partial charge in [-0.15, -0.1) is 0 Å². The van der Waals surface area contributed by atoms with Gasteiger partial charge < -0.3 is 10.5 Å². The average molecular weight is 201 g/mol. The lowest BCUT2D eigenvalue weighted by Gasteiger charge is -2.10. The van der Waals surface area contributed by atoms with Gasteiger partial charge in [-0.2, -0.15) is 0 Å². The van der Waals surface area contributed by atoms with Gasteiger partial charge in [0.05, 0.1) is 6.26 Å².